The van der Waals surface area contributed by atoms with Gasteiger partial charge < -0.3 is 14.6 Å². The van der Waals surface area contributed by atoms with Gasteiger partial charge in [0.2, 0.25) is 0 Å². The van der Waals surface area contributed by atoms with E-state index in [0.29, 0.717) is 0 Å². The Kier molecular flexibility index (Phi) is 9.09. The smallest absolute Gasteiger partial charge is 0.341 e. The van der Waals surface area contributed by atoms with E-state index in [1.165, 1.54) is 18.2 Å². The van der Waals surface area contributed by atoms with Crippen LogP contribution in [0.3, 0.4) is 0 Å². The Labute approximate surface area is 153 Å². The molecule has 10 nitrogen and oxygen atoms in total. The van der Waals surface area contributed by atoms with Gasteiger partial charge in [0.1, 0.15) is 10.9 Å². The highest BCUT2D eigenvalue weighted by Crippen LogP contribution is 2.27. The molecular weight excluding hydrogens is 368 g/mol. The minimum absolute atomic E-state index is 0.0229. The summed E-state index contributed by atoms with van der Waals surface area (Å²) in [6, 6.07) is 4.83. The molecule has 142 valence electrons. The topological polar surface area (TPSA) is 145 Å². The Bertz CT molecular complexity index is 667. The number of esters is 2. The molecule has 0 heterocycles. The average Bonchev–Trinajstić information content (AvgIpc) is 2.60. The normalized spacial score (nSPS) is 11.4. The van der Waals surface area contributed by atoms with Crippen LogP contribution >= 0.6 is 11.9 Å². The van der Waals surface area contributed by atoms with Crippen molar-refractivity contribution in [3.8, 4) is 0 Å². The van der Waals surface area contributed by atoms with Crippen molar-refractivity contribution in [2.45, 2.75) is 30.7 Å². The van der Waals surface area contributed by atoms with Gasteiger partial charge in [0.05, 0.1) is 11.5 Å². The summed E-state index contributed by atoms with van der Waals surface area (Å²) in [7, 11) is 0. The number of carboxylic acids is 1. The number of aliphatic carboxylic acids is 1. The Balaban J connectivity index is 2.77. The monoisotopic (exact) mass is 386 g/mol. The van der Waals surface area contributed by atoms with Crippen LogP contribution in [-0.4, -0.2) is 47.2 Å². The van der Waals surface area contributed by atoms with Crippen molar-refractivity contribution in [2.75, 3.05) is 13.2 Å². The molecule has 0 spiro atoms. The van der Waals surface area contributed by atoms with Crippen LogP contribution in [0, 0.1) is 10.1 Å². The minimum Gasteiger partial charge on any atom is -0.479 e. The van der Waals surface area contributed by atoms with Crippen molar-refractivity contribution in [1.82, 2.24) is 4.72 Å². The maximum Gasteiger partial charge on any atom is 0.341 e. The van der Waals surface area contributed by atoms with E-state index < -0.39 is 35.5 Å². The van der Waals surface area contributed by atoms with Crippen LogP contribution in [-0.2, 0) is 23.9 Å². The Morgan fingerprint density at radius 1 is 1.31 bits per heavy atom. The summed E-state index contributed by atoms with van der Waals surface area (Å²) in [4.78, 5) is 44.7. The first kappa shape index (κ1) is 21.4. The summed E-state index contributed by atoms with van der Waals surface area (Å²) in [6.45, 7) is 0.997. The number of nitro benzene ring substituents is 1. The number of carbonyl (C=O) groups is 3. The molecule has 0 aliphatic carbocycles. The second-order valence-electron chi connectivity index (χ2n) is 4.84. The highest BCUT2D eigenvalue weighted by molar-refractivity contribution is 7.97. The van der Waals surface area contributed by atoms with E-state index in [9.17, 15) is 24.5 Å². The van der Waals surface area contributed by atoms with Crippen LogP contribution in [0.25, 0.3) is 0 Å². The summed E-state index contributed by atoms with van der Waals surface area (Å²) in [5.41, 5.74) is -0.159. The Hall–Kier alpha value is -2.66. The molecule has 0 aliphatic heterocycles. The quantitative estimate of drug-likeness (QED) is 0.248. The molecule has 0 aliphatic rings. The number of carboxylic acid groups (broad SMARTS) is 1. The van der Waals surface area contributed by atoms with Gasteiger partial charge in [-0.15, -0.1) is 0 Å². The molecular formula is C15H18N2O8S. The number of hydrogen-bond acceptors (Lipinski definition) is 9. The van der Waals surface area contributed by atoms with Gasteiger partial charge in [0.15, 0.2) is 6.61 Å². The molecule has 1 unspecified atom stereocenters. The molecule has 0 saturated carbocycles. The van der Waals surface area contributed by atoms with E-state index in [-0.39, 0.29) is 30.0 Å². The van der Waals surface area contributed by atoms with Crippen molar-refractivity contribution < 1.29 is 33.9 Å². The Morgan fingerprint density at radius 2 is 2.00 bits per heavy atom. The van der Waals surface area contributed by atoms with E-state index >= 15 is 0 Å². The maximum absolute atomic E-state index is 12.0. The molecule has 0 radical (unpaired) electrons. The second kappa shape index (κ2) is 11.1. The van der Waals surface area contributed by atoms with Gasteiger partial charge in [-0.25, -0.2) is 9.52 Å². The number of hydrogen-bond donors (Lipinski definition) is 2. The van der Waals surface area contributed by atoms with Crippen LogP contribution in [0.4, 0.5) is 5.69 Å². The number of nitrogens with zero attached hydrogens (tertiary/aromatic N) is 1. The number of benzene rings is 1. The fourth-order valence-electron chi connectivity index (χ4n) is 1.78. The van der Waals surface area contributed by atoms with Crippen LogP contribution in [0.1, 0.15) is 19.8 Å². The number of rotatable bonds is 11. The summed E-state index contributed by atoms with van der Waals surface area (Å²) < 4.78 is 12.1. The predicted octanol–water partition coefficient (Wildman–Crippen LogP) is 1.53. The van der Waals surface area contributed by atoms with E-state index in [1.807, 2.05) is 0 Å². The highest BCUT2D eigenvalue weighted by atomic mass is 32.2. The van der Waals surface area contributed by atoms with E-state index in [2.05, 4.69) is 9.46 Å². The molecule has 1 aromatic rings. The minimum atomic E-state index is -1.33. The lowest BCUT2D eigenvalue weighted by Crippen LogP contribution is -2.35. The first-order chi connectivity index (χ1) is 12.3. The largest absolute Gasteiger partial charge is 0.479 e. The van der Waals surface area contributed by atoms with Gasteiger partial charge >= 0.3 is 17.9 Å². The summed E-state index contributed by atoms with van der Waals surface area (Å²) >= 11 is 0.819. The lowest BCUT2D eigenvalue weighted by molar-refractivity contribution is -0.387. The van der Waals surface area contributed by atoms with Crippen molar-refractivity contribution in [1.29, 1.82) is 0 Å². The molecule has 1 aromatic carbocycles. The molecule has 1 rings (SSSR count). The summed E-state index contributed by atoms with van der Waals surface area (Å²) in [6.07, 6.45) is -0.129. The molecule has 0 saturated heterocycles. The lowest BCUT2D eigenvalue weighted by atomic mass is 10.2. The molecule has 1 atom stereocenters. The zero-order chi connectivity index (χ0) is 19.5. The number of para-hydroxylation sites is 1. The number of carbonyl (C=O) groups excluding carboxylic acids is 2. The van der Waals surface area contributed by atoms with Crippen molar-refractivity contribution in [2.24, 2.45) is 0 Å². The van der Waals surface area contributed by atoms with Crippen LogP contribution in [0.15, 0.2) is 29.2 Å². The number of nitrogens with one attached hydrogen (secondary N) is 1. The molecule has 2 N–H and O–H groups in total. The fraction of sp³-hybridized carbons (Fsp3) is 0.400. The van der Waals surface area contributed by atoms with Crippen molar-refractivity contribution in [3.05, 3.63) is 34.4 Å². The average molecular weight is 386 g/mol. The SMILES string of the molecule is CCOC(=O)CCC(NSc1ccccc1[N+](=O)[O-])C(=O)OCC(=O)O. The fourth-order valence-corrected chi connectivity index (χ4v) is 2.66. The molecule has 26 heavy (non-hydrogen) atoms. The number of nitro groups is 1. The first-order valence-electron chi connectivity index (χ1n) is 7.55. The number of ether oxygens (including phenoxy) is 2. The second-order valence-corrected chi connectivity index (χ2v) is 5.72. The Morgan fingerprint density at radius 3 is 2.62 bits per heavy atom. The van der Waals surface area contributed by atoms with Crippen molar-refractivity contribution in [3.63, 3.8) is 0 Å². The van der Waals surface area contributed by atoms with Gasteiger partial charge in [-0.05, 0) is 31.4 Å². The molecule has 0 aromatic heterocycles. The zero-order valence-electron chi connectivity index (χ0n) is 13.9. The van der Waals surface area contributed by atoms with Gasteiger partial charge in [-0.2, -0.15) is 0 Å². The highest BCUT2D eigenvalue weighted by Gasteiger charge is 2.24. The summed E-state index contributed by atoms with van der Waals surface area (Å²) in [5.74, 6) is -2.74. The predicted molar refractivity (Wildman–Crippen MR) is 90.3 cm³/mol. The lowest BCUT2D eigenvalue weighted by Gasteiger charge is -2.16. The van der Waals surface area contributed by atoms with Crippen molar-refractivity contribution >= 4 is 35.5 Å². The standard InChI is InChI=1S/C15H18N2O8S/c1-2-24-14(20)8-7-10(15(21)25-9-13(18)19)16-26-12-6-4-3-5-11(12)17(22)23/h3-6,10,16H,2,7-9H2,1H3,(H,18,19). The van der Waals surface area contributed by atoms with Gasteiger partial charge in [0, 0.05) is 12.5 Å². The maximum atomic E-state index is 12.0. The van der Waals surface area contributed by atoms with E-state index in [1.54, 1.807) is 13.0 Å². The van der Waals surface area contributed by atoms with Crippen LogP contribution in [0.5, 0.6) is 0 Å². The molecule has 0 fully saturated rings. The van der Waals surface area contributed by atoms with E-state index in [0.717, 1.165) is 11.9 Å². The zero-order valence-corrected chi connectivity index (χ0v) is 14.7. The molecule has 0 bridgehead atoms. The van der Waals surface area contributed by atoms with Crippen LogP contribution in [0.2, 0.25) is 0 Å². The van der Waals surface area contributed by atoms with Crippen LogP contribution < -0.4 is 4.72 Å². The first-order valence-corrected chi connectivity index (χ1v) is 8.36. The van der Waals surface area contributed by atoms with Gasteiger partial charge in [-0.1, -0.05) is 12.1 Å². The van der Waals surface area contributed by atoms with Gasteiger partial charge in [-0.3, -0.25) is 19.7 Å². The molecule has 11 heteroatoms. The summed E-state index contributed by atoms with van der Waals surface area (Å²) in [5, 5.41) is 19.6. The third-order valence-electron chi connectivity index (χ3n) is 2.94. The molecule has 0 amide bonds. The van der Waals surface area contributed by atoms with E-state index in [4.69, 9.17) is 9.84 Å². The third kappa shape index (κ3) is 7.49. The van der Waals surface area contributed by atoms with Gasteiger partial charge in [0.25, 0.3) is 5.69 Å². The third-order valence-corrected chi connectivity index (χ3v) is 3.91.